The largest absolute Gasteiger partial charge is 0.508 e. The van der Waals surface area contributed by atoms with Gasteiger partial charge in [-0.2, -0.15) is 0 Å². The van der Waals surface area contributed by atoms with E-state index in [-0.39, 0.29) is 162 Å². The van der Waals surface area contributed by atoms with Gasteiger partial charge in [0.1, 0.15) is 93.4 Å². The number of carbonyl (C=O) groups excluding carboxylic acids is 4. The number of phenolic OH excluding ortho intramolecular Hbond substituents is 30. The summed E-state index contributed by atoms with van der Waals surface area (Å²) in [5.74, 6) is -21.0. The van der Waals surface area contributed by atoms with Gasteiger partial charge in [-0.25, -0.2) is 19.2 Å². The van der Waals surface area contributed by atoms with E-state index < -0.39 is 188 Å². The van der Waals surface area contributed by atoms with E-state index in [1.54, 1.807) is 0 Å². The Labute approximate surface area is 725 Å². The Morgan fingerprint density at radius 3 is 0.569 bits per heavy atom. The van der Waals surface area contributed by atoms with Gasteiger partial charge < -0.3 is 191 Å². The number of rotatable bonds is 12. The molecule has 8 atom stereocenters. The molecule has 0 saturated carbocycles. The topological polar surface area (TPSA) is 749 Å². The molecule has 0 saturated heterocycles. The van der Waals surface area contributed by atoms with Crippen LogP contribution in [0.2, 0.25) is 0 Å². The average Bonchev–Trinajstić information content (AvgIpc) is 0.781. The molecule has 0 radical (unpaired) electrons. The van der Waals surface area contributed by atoms with Gasteiger partial charge in [0.05, 0.1) is 22.3 Å². The summed E-state index contributed by atoms with van der Waals surface area (Å²) in [6.07, 6.45) is -9.23. The maximum atomic E-state index is 12.7. The van der Waals surface area contributed by atoms with Crippen molar-refractivity contribution < 1.29 is 210 Å². The second-order valence-corrected chi connectivity index (χ2v) is 29.3. The summed E-state index contributed by atoms with van der Waals surface area (Å²) < 4.78 is 45.3. The summed E-state index contributed by atoms with van der Waals surface area (Å²) in [5, 5.41) is 293. The Morgan fingerprint density at radius 1 is 0.200 bits per heavy atom. The van der Waals surface area contributed by atoms with Crippen molar-refractivity contribution in [2.24, 2.45) is 0 Å². The number of hydrogen-bond acceptors (Lipinski definition) is 42. The van der Waals surface area contributed by atoms with Crippen molar-refractivity contribution in [3.05, 3.63) is 224 Å². The molecule has 0 unspecified atom stereocenters. The van der Waals surface area contributed by atoms with Crippen molar-refractivity contribution in [2.45, 2.75) is 74.5 Å². The Balaban J connectivity index is 0.000000148. The fourth-order valence-electron chi connectivity index (χ4n) is 14.1. The lowest BCUT2D eigenvalue weighted by Gasteiger charge is -2.34. The van der Waals surface area contributed by atoms with Crippen LogP contribution in [0.5, 0.6) is 195 Å². The predicted molar refractivity (Wildman–Crippen MR) is 432 cm³/mol. The molecule has 4 heterocycles. The number of carbonyl (C=O) groups is 4. The Hall–Kier alpha value is -18.3. The van der Waals surface area contributed by atoms with Gasteiger partial charge in [-0.1, -0.05) is 12.1 Å². The van der Waals surface area contributed by atoms with Gasteiger partial charge in [0.2, 0.25) is 0 Å². The molecule has 676 valence electrons. The van der Waals surface area contributed by atoms with Crippen molar-refractivity contribution >= 4 is 23.9 Å². The van der Waals surface area contributed by atoms with Crippen molar-refractivity contribution in [2.75, 3.05) is 0 Å². The highest BCUT2D eigenvalue weighted by molar-refractivity contribution is 5.93. The van der Waals surface area contributed by atoms with Crippen LogP contribution in [-0.2, 0) is 44.6 Å². The highest BCUT2D eigenvalue weighted by atomic mass is 16.6. The first-order valence-electron chi connectivity index (χ1n) is 37.6. The molecule has 42 nitrogen and oxygen atoms in total. The highest BCUT2D eigenvalue weighted by Gasteiger charge is 2.43. The minimum Gasteiger partial charge on any atom is -0.508 e. The van der Waals surface area contributed by atoms with Crippen molar-refractivity contribution in [3.63, 3.8) is 0 Å². The van der Waals surface area contributed by atoms with E-state index in [2.05, 4.69) is 0 Å². The highest BCUT2D eigenvalue weighted by Crippen LogP contribution is 2.53. The monoisotopic (exact) mass is 1800 g/mol. The third-order valence-electron chi connectivity index (χ3n) is 20.4. The van der Waals surface area contributed by atoms with Crippen molar-refractivity contribution in [1.82, 2.24) is 0 Å². The maximum Gasteiger partial charge on any atom is 0.338 e. The zero-order valence-corrected chi connectivity index (χ0v) is 65.8. The van der Waals surface area contributed by atoms with E-state index in [1.807, 2.05) is 0 Å². The first-order valence-corrected chi connectivity index (χ1v) is 37.6. The van der Waals surface area contributed by atoms with Gasteiger partial charge in [0, 0.05) is 119 Å². The summed E-state index contributed by atoms with van der Waals surface area (Å²) in [6.45, 7) is 0. The van der Waals surface area contributed by atoms with Crippen LogP contribution >= 0.6 is 0 Å². The molecule has 16 rings (SSSR count). The second kappa shape index (κ2) is 35.5. The normalized spacial score (nSPS) is 17.2. The molecule has 12 aromatic carbocycles. The van der Waals surface area contributed by atoms with Crippen LogP contribution in [0.4, 0.5) is 0 Å². The summed E-state index contributed by atoms with van der Waals surface area (Å²) in [5.41, 5.74) is 0.611. The van der Waals surface area contributed by atoms with E-state index >= 15 is 0 Å². The Kier molecular flexibility index (Phi) is 24.4. The first-order chi connectivity index (χ1) is 61.4. The number of ether oxygens (including phenoxy) is 8. The lowest BCUT2D eigenvalue weighted by molar-refractivity contribution is -0.0192. The van der Waals surface area contributed by atoms with Gasteiger partial charge in [0.25, 0.3) is 0 Å². The number of hydrogen-bond donors (Lipinski definition) is 30. The lowest BCUT2D eigenvalue weighted by Crippen LogP contribution is -2.34. The van der Waals surface area contributed by atoms with Crippen LogP contribution in [0.25, 0.3) is 0 Å². The quantitative estimate of drug-likeness (QED) is 0.0307. The van der Waals surface area contributed by atoms with E-state index in [0.29, 0.717) is 11.1 Å². The minimum absolute atomic E-state index is 0.0461. The molecular formula is C88H72O42. The van der Waals surface area contributed by atoms with Crippen LogP contribution in [0.1, 0.15) is 110 Å². The molecule has 42 heteroatoms. The smallest absolute Gasteiger partial charge is 0.338 e. The zero-order valence-electron chi connectivity index (χ0n) is 65.8. The number of esters is 4. The second-order valence-electron chi connectivity index (χ2n) is 29.3. The van der Waals surface area contributed by atoms with Crippen molar-refractivity contribution in [3.8, 4) is 195 Å². The predicted octanol–water partition coefficient (Wildman–Crippen LogP) is 9.52. The number of benzene rings is 12. The van der Waals surface area contributed by atoms with Crippen LogP contribution < -0.4 is 18.9 Å². The van der Waals surface area contributed by atoms with Crippen LogP contribution in [0.3, 0.4) is 0 Å². The zero-order chi connectivity index (χ0) is 94.4. The summed E-state index contributed by atoms with van der Waals surface area (Å²) in [4.78, 5) is 50.9. The van der Waals surface area contributed by atoms with Crippen LogP contribution in [0.15, 0.2) is 158 Å². The lowest BCUT2D eigenvalue weighted by atomic mass is 9.93. The molecule has 12 aromatic rings. The summed E-state index contributed by atoms with van der Waals surface area (Å²) in [6, 6.07) is 28.5. The molecule has 130 heavy (non-hydrogen) atoms. The van der Waals surface area contributed by atoms with E-state index in [1.165, 1.54) is 60.7 Å². The van der Waals surface area contributed by atoms with Gasteiger partial charge in [-0.3, -0.25) is 0 Å². The molecule has 0 aromatic heterocycles. The third-order valence-corrected chi connectivity index (χ3v) is 20.4. The Morgan fingerprint density at radius 2 is 0.377 bits per heavy atom. The molecule has 0 fully saturated rings. The molecule has 4 aliphatic rings. The fraction of sp³-hybridized carbons (Fsp3) is 0.136. The van der Waals surface area contributed by atoms with Crippen LogP contribution in [0, 0.1) is 0 Å². The van der Waals surface area contributed by atoms with Gasteiger partial charge in [-0.15, -0.1) is 0 Å². The van der Waals surface area contributed by atoms with Gasteiger partial charge in [0.15, 0.2) is 151 Å². The molecular weight excluding hydrogens is 1730 g/mol. The SMILES string of the molecule is O=C(O[C@@H]1Cc2c(O)cc(O)cc2O[C@@H]1c1cc(O)c(O)c(O)c1)c1cc(O)c(O)c(O)c1.O=C(O[C@@H]1Cc2c(O)cc(O)cc2O[C@@H]1c1ccc(O)c(O)c1)c1cc(O)c(O)c(O)c1.O=C(O[C@@H]1Cc2c(O)cc(O)cc2O[C@H]1c1cc(O)c(O)c(O)c1)c1cc(O)c(O)c(O)c1.O=C(O[C@@H]1Cc2c(O)cc(O)cc2O[C@H]1c1ccc(O)c(O)c1)c1cc(O)c(O)c(O)c1. The molecule has 30 N–H and O–H groups in total. The standard InChI is InChI=1S/2C22H18O11.2C22H18O10/c2*23-10-5-12(24)11-7-18(33-22(31)9-3-15(27)20(30)16(28)4-9)21(32-17(11)6-10)8-1-13(25)19(29)14(26)2-8;2*23-11-6-14(25)12-8-19(32-22(30)10-4-16(27)20(29)17(28)5-10)21(31-18(12)7-11)9-1-2-13(24)15(26)3-9/h2*1-6,18,21,23-30H,7H2;2*1-7,19,21,23-29H,8H2/t18-,21+;18-,21-;19-,21+;19-,21-/m1111/s1. The van der Waals surface area contributed by atoms with E-state index in [0.717, 1.165) is 97.1 Å². The van der Waals surface area contributed by atoms with E-state index in [4.69, 9.17) is 37.9 Å². The number of fused-ring (bicyclic) bond motifs is 4. The van der Waals surface area contributed by atoms with E-state index in [9.17, 15) is 172 Å². The van der Waals surface area contributed by atoms with Crippen molar-refractivity contribution in [1.29, 1.82) is 0 Å². The fourth-order valence-corrected chi connectivity index (χ4v) is 14.1. The molecule has 0 bridgehead atoms. The van der Waals surface area contributed by atoms with Gasteiger partial charge in [-0.05, 0) is 97.1 Å². The maximum absolute atomic E-state index is 12.7. The number of aromatic hydroxyl groups is 30. The minimum atomic E-state index is -1.18. The van der Waals surface area contributed by atoms with Crippen LogP contribution in [-0.4, -0.2) is 201 Å². The third kappa shape index (κ3) is 18.6. The molecule has 0 spiro atoms. The molecule has 0 amide bonds. The summed E-state index contributed by atoms with van der Waals surface area (Å²) >= 11 is 0. The average molecular weight is 1800 g/mol. The summed E-state index contributed by atoms with van der Waals surface area (Å²) in [7, 11) is 0. The number of phenols is 30. The van der Waals surface area contributed by atoms with Gasteiger partial charge >= 0.3 is 23.9 Å². The Bertz CT molecular complexity index is 6000. The molecule has 0 aliphatic carbocycles. The first kappa shape index (κ1) is 89.5. The molecule has 4 aliphatic heterocycles.